The first kappa shape index (κ1) is 13.4. The number of nitrogens with one attached hydrogen (secondary N) is 1. The van der Waals surface area contributed by atoms with Crippen molar-refractivity contribution in [3.8, 4) is 0 Å². The molecule has 0 saturated heterocycles. The molecule has 2 aromatic rings. The number of carbonyl (C=O) groups excluding carboxylic acids is 1. The van der Waals surface area contributed by atoms with E-state index in [0.29, 0.717) is 11.6 Å². The minimum atomic E-state index is -0.617. The van der Waals surface area contributed by atoms with Gasteiger partial charge in [0, 0.05) is 11.2 Å². The van der Waals surface area contributed by atoms with Crippen LogP contribution in [-0.2, 0) is 11.3 Å². The highest BCUT2D eigenvalue weighted by atomic mass is 35.5. The van der Waals surface area contributed by atoms with Crippen LogP contribution in [0.4, 0.5) is 0 Å². The Bertz CT molecular complexity index is 645. The SMILES string of the molecule is CCOC(=O)c1c[nH]n(Cc2cccc(Cl)c2)c1=O. The summed E-state index contributed by atoms with van der Waals surface area (Å²) < 4.78 is 6.13. The zero-order valence-electron chi connectivity index (χ0n) is 10.4. The molecule has 19 heavy (non-hydrogen) atoms. The van der Waals surface area contributed by atoms with Crippen molar-refractivity contribution in [2.45, 2.75) is 13.5 Å². The number of nitrogens with zero attached hydrogens (tertiary/aromatic N) is 1. The fraction of sp³-hybridized carbons (Fsp3) is 0.231. The Morgan fingerprint density at radius 1 is 1.47 bits per heavy atom. The quantitative estimate of drug-likeness (QED) is 0.872. The van der Waals surface area contributed by atoms with Crippen LogP contribution in [0.5, 0.6) is 0 Å². The second-order valence-corrected chi connectivity index (χ2v) is 4.37. The number of esters is 1. The molecule has 1 N–H and O–H groups in total. The number of aromatic amines is 1. The zero-order chi connectivity index (χ0) is 13.8. The Balaban J connectivity index is 2.23. The summed E-state index contributed by atoms with van der Waals surface area (Å²) in [6, 6.07) is 7.17. The minimum Gasteiger partial charge on any atom is -0.462 e. The van der Waals surface area contributed by atoms with Crippen LogP contribution in [0.15, 0.2) is 35.3 Å². The van der Waals surface area contributed by atoms with Gasteiger partial charge in [-0.2, -0.15) is 0 Å². The summed E-state index contributed by atoms with van der Waals surface area (Å²) >= 11 is 5.88. The molecule has 0 unspecified atom stereocenters. The molecular weight excluding hydrogens is 268 g/mol. The van der Waals surface area contributed by atoms with Crippen molar-refractivity contribution in [2.24, 2.45) is 0 Å². The van der Waals surface area contributed by atoms with Crippen LogP contribution in [0.25, 0.3) is 0 Å². The number of rotatable bonds is 4. The van der Waals surface area contributed by atoms with Crippen LogP contribution in [-0.4, -0.2) is 22.4 Å². The maximum atomic E-state index is 12.0. The summed E-state index contributed by atoms with van der Waals surface area (Å²) in [5.74, 6) is -0.617. The summed E-state index contributed by atoms with van der Waals surface area (Å²) in [6.45, 7) is 2.24. The van der Waals surface area contributed by atoms with Crippen LogP contribution in [0.2, 0.25) is 5.02 Å². The Morgan fingerprint density at radius 3 is 2.95 bits per heavy atom. The van der Waals surface area contributed by atoms with E-state index in [0.717, 1.165) is 5.56 Å². The van der Waals surface area contributed by atoms with Gasteiger partial charge in [0.25, 0.3) is 5.56 Å². The smallest absolute Gasteiger partial charge is 0.345 e. The van der Waals surface area contributed by atoms with E-state index in [-0.39, 0.29) is 12.2 Å². The molecule has 0 bridgehead atoms. The number of ether oxygens (including phenoxy) is 1. The van der Waals surface area contributed by atoms with Gasteiger partial charge in [0.15, 0.2) is 0 Å². The molecule has 100 valence electrons. The van der Waals surface area contributed by atoms with E-state index in [4.69, 9.17) is 16.3 Å². The van der Waals surface area contributed by atoms with Crippen molar-refractivity contribution in [1.29, 1.82) is 0 Å². The van der Waals surface area contributed by atoms with Gasteiger partial charge in [0.05, 0.1) is 13.2 Å². The van der Waals surface area contributed by atoms with Gasteiger partial charge in [-0.05, 0) is 24.6 Å². The molecule has 0 saturated carbocycles. The molecule has 6 heteroatoms. The predicted molar refractivity (Wildman–Crippen MR) is 71.6 cm³/mol. The fourth-order valence-electron chi connectivity index (χ4n) is 1.70. The summed E-state index contributed by atoms with van der Waals surface area (Å²) in [6.07, 6.45) is 1.35. The normalized spacial score (nSPS) is 10.4. The Morgan fingerprint density at radius 2 is 2.26 bits per heavy atom. The lowest BCUT2D eigenvalue weighted by Crippen LogP contribution is -2.23. The van der Waals surface area contributed by atoms with E-state index in [9.17, 15) is 9.59 Å². The van der Waals surface area contributed by atoms with E-state index >= 15 is 0 Å². The lowest BCUT2D eigenvalue weighted by atomic mass is 10.2. The molecule has 0 amide bonds. The summed E-state index contributed by atoms with van der Waals surface area (Å²) in [5, 5.41) is 3.34. The third-order valence-corrected chi connectivity index (χ3v) is 2.80. The Labute approximate surface area is 114 Å². The van der Waals surface area contributed by atoms with Gasteiger partial charge in [-0.1, -0.05) is 23.7 Å². The van der Waals surface area contributed by atoms with Crippen LogP contribution in [0, 0.1) is 0 Å². The highest BCUT2D eigenvalue weighted by Crippen LogP contribution is 2.11. The van der Waals surface area contributed by atoms with E-state index in [1.54, 1.807) is 25.1 Å². The number of hydrogen-bond acceptors (Lipinski definition) is 3. The third kappa shape index (κ3) is 3.06. The van der Waals surface area contributed by atoms with Crippen LogP contribution >= 0.6 is 11.6 Å². The maximum Gasteiger partial charge on any atom is 0.345 e. The van der Waals surface area contributed by atoms with Crippen LogP contribution in [0.1, 0.15) is 22.8 Å². The standard InChI is InChI=1S/C13H13ClN2O3/c1-2-19-13(18)11-7-15-16(12(11)17)8-9-4-3-5-10(14)6-9/h3-7,15H,2,8H2,1H3. The molecule has 1 heterocycles. The minimum absolute atomic E-state index is 0.00359. The molecule has 0 radical (unpaired) electrons. The molecule has 1 aromatic carbocycles. The van der Waals surface area contributed by atoms with Crippen LogP contribution in [0.3, 0.4) is 0 Å². The second-order valence-electron chi connectivity index (χ2n) is 3.93. The molecule has 0 spiro atoms. The lowest BCUT2D eigenvalue weighted by Gasteiger charge is -2.02. The average Bonchev–Trinajstić information content (AvgIpc) is 2.71. The van der Waals surface area contributed by atoms with Crippen molar-refractivity contribution in [2.75, 3.05) is 6.61 Å². The van der Waals surface area contributed by atoms with Crippen molar-refractivity contribution in [1.82, 2.24) is 9.78 Å². The molecular formula is C13H13ClN2O3. The monoisotopic (exact) mass is 280 g/mol. The second kappa shape index (κ2) is 5.75. The van der Waals surface area contributed by atoms with E-state index < -0.39 is 11.5 Å². The van der Waals surface area contributed by atoms with Gasteiger partial charge in [-0.3, -0.25) is 4.79 Å². The highest BCUT2D eigenvalue weighted by Gasteiger charge is 2.15. The molecule has 1 aromatic heterocycles. The van der Waals surface area contributed by atoms with Crippen molar-refractivity contribution >= 4 is 17.6 Å². The molecule has 2 rings (SSSR count). The van der Waals surface area contributed by atoms with Gasteiger partial charge in [-0.15, -0.1) is 0 Å². The highest BCUT2D eigenvalue weighted by molar-refractivity contribution is 6.30. The fourth-order valence-corrected chi connectivity index (χ4v) is 1.91. The first-order chi connectivity index (χ1) is 9.11. The van der Waals surface area contributed by atoms with Gasteiger partial charge in [0.1, 0.15) is 5.56 Å². The van der Waals surface area contributed by atoms with Gasteiger partial charge in [0.2, 0.25) is 0 Å². The predicted octanol–water partition coefficient (Wildman–Crippen LogP) is 2.05. The summed E-state index contributed by atoms with van der Waals surface area (Å²) in [7, 11) is 0. The van der Waals surface area contributed by atoms with Crippen LogP contribution < -0.4 is 5.56 Å². The van der Waals surface area contributed by atoms with Gasteiger partial charge in [-0.25, -0.2) is 9.48 Å². The number of benzene rings is 1. The third-order valence-electron chi connectivity index (χ3n) is 2.57. The maximum absolute atomic E-state index is 12.0. The number of carbonyl (C=O) groups is 1. The van der Waals surface area contributed by atoms with Crippen molar-refractivity contribution in [3.63, 3.8) is 0 Å². The van der Waals surface area contributed by atoms with Gasteiger partial charge < -0.3 is 9.84 Å². The Hall–Kier alpha value is -2.01. The molecule has 0 aliphatic rings. The van der Waals surface area contributed by atoms with Crippen molar-refractivity contribution < 1.29 is 9.53 Å². The van der Waals surface area contributed by atoms with Gasteiger partial charge >= 0.3 is 5.97 Å². The molecule has 0 atom stereocenters. The zero-order valence-corrected chi connectivity index (χ0v) is 11.1. The van der Waals surface area contributed by atoms with Crippen molar-refractivity contribution in [3.05, 3.63) is 57.0 Å². The number of aromatic nitrogens is 2. The van der Waals surface area contributed by atoms with E-state index in [1.165, 1.54) is 10.9 Å². The summed E-state index contributed by atoms with van der Waals surface area (Å²) in [5.41, 5.74) is 0.467. The Kier molecular flexibility index (Phi) is 4.06. The first-order valence-corrected chi connectivity index (χ1v) is 6.19. The van der Waals surface area contributed by atoms with E-state index in [2.05, 4.69) is 5.10 Å². The lowest BCUT2D eigenvalue weighted by molar-refractivity contribution is 0.0524. The summed E-state index contributed by atoms with van der Waals surface area (Å²) in [4.78, 5) is 23.5. The van der Waals surface area contributed by atoms with E-state index in [1.807, 2.05) is 6.07 Å². The topological polar surface area (TPSA) is 64.1 Å². The molecule has 0 aliphatic heterocycles. The number of halogens is 1. The molecule has 0 aliphatic carbocycles. The number of H-pyrrole nitrogens is 1. The largest absolute Gasteiger partial charge is 0.462 e. The number of hydrogen-bond donors (Lipinski definition) is 1. The molecule has 0 fully saturated rings. The average molecular weight is 281 g/mol. The molecule has 5 nitrogen and oxygen atoms in total. The first-order valence-electron chi connectivity index (χ1n) is 5.81.